The topological polar surface area (TPSA) is 49.4 Å². The van der Waals surface area contributed by atoms with Crippen molar-refractivity contribution in [3.8, 4) is 0 Å². The summed E-state index contributed by atoms with van der Waals surface area (Å²) >= 11 is 6.65. The van der Waals surface area contributed by atoms with Gasteiger partial charge in [0.2, 0.25) is 5.91 Å². The Kier molecular flexibility index (Phi) is 5.91. The van der Waals surface area contributed by atoms with Crippen LogP contribution < -0.4 is 5.32 Å². The van der Waals surface area contributed by atoms with E-state index < -0.39 is 0 Å². The van der Waals surface area contributed by atoms with E-state index in [1.165, 1.54) is 0 Å². The molecule has 2 rings (SSSR count). The van der Waals surface area contributed by atoms with Gasteiger partial charge in [-0.15, -0.1) is 0 Å². The quantitative estimate of drug-likeness (QED) is 0.414. The first-order valence-corrected chi connectivity index (χ1v) is 9.42. The third kappa shape index (κ3) is 3.39. The zero-order valence-electron chi connectivity index (χ0n) is 10.8. The van der Waals surface area contributed by atoms with Crippen molar-refractivity contribution in [3.05, 3.63) is 28.4 Å². The van der Waals surface area contributed by atoms with E-state index in [2.05, 4.69) is 73.1 Å². The van der Waals surface area contributed by atoms with Crippen molar-refractivity contribution in [2.45, 2.75) is 19.4 Å². The Labute approximate surface area is 158 Å². The van der Waals surface area contributed by atoms with Gasteiger partial charge in [0.25, 0.3) is 5.91 Å². The van der Waals surface area contributed by atoms with Gasteiger partial charge in [-0.2, -0.15) is 0 Å². The van der Waals surface area contributed by atoms with E-state index in [0.717, 1.165) is 10.7 Å². The highest BCUT2D eigenvalue weighted by molar-refractivity contribution is 14.1. The maximum atomic E-state index is 12.8. The van der Waals surface area contributed by atoms with Gasteiger partial charge in [0.1, 0.15) is 6.04 Å². The number of rotatable bonds is 2. The first-order chi connectivity index (χ1) is 9.45. The average Bonchev–Trinajstić information content (AvgIpc) is 2.41. The molecule has 0 aromatic heterocycles. The lowest BCUT2D eigenvalue weighted by molar-refractivity contribution is -0.127. The van der Waals surface area contributed by atoms with Gasteiger partial charge in [0.05, 0.1) is 5.56 Å². The number of nitrogens with one attached hydrogen (secondary N) is 1. The largest absolute Gasteiger partial charge is 0.353 e. The fourth-order valence-corrected chi connectivity index (χ4v) is 4.62. The Balaban J connectivity index is 2.38. The molecule has 1 aromatic carbocycles. The number of carbonyl (C=O) groups is 2. The highest BCUT2D eigenvalue weighted by Gasteiger charge is 2.33. The molecule has 20 heavy (non-hydrogen) atoms. The molecule has 0 aliphatic carbocycles. The molecule has 0 bridgehead atoms. The van der Waals surface area contributed by atoms with E-state index in [4.69, 9.17) is 0 Å². The van der Waals surface area contributed by atoms with Crippen molar-refractivity contribution < 1.29 is 9.59 Å². The maximum Gasteiger partial charge on any atom is 0.255 e. The average molecular weight is 610 g/mol. The van der Waals surface area contributed by atoms with E-state index >= 15 is 0 Å². The first kappa shape index (κ1) is 16.7. The standard InChI is InChI=1S/C13H13I3N2O2/c1-2-10-12(19)17-3-4-18(10)13(20)8-5-7(14)6-9(15)11(8)16/h5-6,10H,2-4H2,1H3,(H,17,19). The molecule has 1 fully saturated rings. The summed E-state index contributed by atoms with van der Waals surface area (Å²) in [7, 11) is 0. The summed E-state index contributed by atoms with van der Waals surface area (Å²) in [4.78, 5) is 26.4. The summed E-state index contributed by atoms with van der Waals surface area (Å²) in [6.45, 7) is 3.03. The van der Waals surface area contributed by atoms with Crippen molar-refractivity contribution >= 4 is 79.6 Å². The lowest BCUT2D eigenvalue weighted by Gasteiger charge is -2.34. The molecule has 1 heterocycles. The van der Waals surface area contributed by atoms with Gasteiger partial charge in [-0.05, 0) is 86.3 Å². The number of carbonyl (C=O) groups excluding carboxylic acids is 2. The lowest BCUT2D eigenvalue weighted by atomic mass is 10.1. The number of hydrogen-bond acceptors (Lipinski definition) is 2. The van der Waals surface area contributed by atoms with Gasteiger partial charge in [0.15, 0.2) is 0 Å². The van der Waals surface area contributed by atoms with E-state index in [1.807, 2.05) is 19.1 Å². The molecule has 108 valence electrons. The molecule has 1 aliphatic rings. The zero-order chi connectivity index (χ0) is 14.9. The summed E-state index contributed by atoms with van der Waals surface area (Å²) in [5.41, 5.74) is 0.690. The third-order valence-corrected chi connectivity index (χ3v) is 6.87. The number of amides is 2. The molecule has 0 radical (unpaired) electrons. The molecule has 1 aromatic rings. The number of halogens is 3. The zero-order valence-corrected chi connectivity index (χ0v) is 17.2. The van der Waals surface area contributed by atoms with Crippen molar-refractivity contribution in [2.75, 3.05) is 13.1 Å². The smallest absolute Gasteiger partial charge is 0.255 e. The van der Waals surface area contributed by atoms with Crippen LogP contribution in [0.4, 0.5) is 0 Å². The Morgan fingerprint density at radius 2 is 2.10 bits per heavy atom. The van der Waals surface area contributed by atoms with Gasteiger partial charge in [-0.25, -0.2) is 0 Å². The van der Waals surface area contributed by atoms with Crippen LogP contribution in [0.5, 0.6) is 0 Å². The number of hydrogen-bond donors (Lipinski definition) is 1. The normalized spacial score (nSPS) is 18.9. The minimum Gasteiger partial charge on any atom is -0.353 e. The SMILES string of the molecule is CCC1C(=O)NCCN1C(=O)c1cc(I)cc(I)c1I. The summed E-state index contributed by atoms with van der Waals surface area (Å²) in [5, 5.41) is 2.82. The molecule has 1 atom stereocenters. The van der Waals surface area contributed by atoms with E-state index in [0.29, 0.717) is 25.1 Å². The molecule has 1 unspecified atom stereocenters. The summed E-state index contributed by atoms with van der Waals surface area (Å²) in [6.07, 6.45) is 0.634. The Morgan fingerprint density at radius 1 is 1.40 bits per heavy atom. The van der Waals surface area contributed by atoms with Crippen LogP contribution in [0.3, 0.4) is 0 Å². The molecule has 7 heteroatoms. The second kappa shape index (κ2) is 7.07. The second-order valence-corrected chi connectivity index (χ2v) is 7.95. The van der Waals surface area contributed by atoms with Gasteiger partial charge < -0.3 is 10.2 Å². The highest BCUT2D eigenvalue weighted by Crippen LogP contribution is 2.25. The van der Waals surface area contributed by atoms with Crippen molar-refractivity contribution in [1.82, 2.24) is 10.2 Å². The molecular formula is C13H13I3N2O2. The van der Waals surface area contributed by atoms with Crippen LogP contribution in [0, 0.1) is 10.7 Å². The van der Waals surface area contributed by atoms with E-state index in [9.17, 15) is 9.59 Å². The minimum atomic E-state index is -0.359. The van der Waals surface area contributed by atoms with E-state index in [-0.39, 0.29) is 17.9 Å². The van der Waals surface area contributed by atoms with Crippen LogP contribution in [-0.4, -0.2) is 35.8 Å². The molecular weight excluding hydrogens is 597 g/mol. The van der Waals surface area contributed by atoms with Crippen LogP contribution in [0.2, 0.25) is 0 Å². The van der Waals surface area contributed by atoms with Crippen molar-refractivity contribution in [3.63, 3.8) is 0 Å². The minimum absolute atomic E-state index is 0.0486. The van der Waals surface area contributed by atoms with Crippen molar-refractivity contribution in [1.29, 1.82) is 0 Å². The van der Waals surface area contributed by atoms with Gasteiger partial charge in [-0.1, -0.05) is 6.92 Å². The van der Waals surface area contributed by atoms with Gasteiger partial charge >= 0.3 is 0 Å². The van der Waals surface area contributed by atoms with Crippen LogP contribution in [0.1, 0.15) is 23.7 Å². The lowest BCUT2D eigenvalue weighted by Crippen LogP contribution is -2.57. The van der Waals surface area contributed by atoms with E-state index in [1.54, 1.807) is 4.90 Å². The summed E-state index contributed by atoms with van der Waals surface area (Å²) in [5.74, 6) is -0.102. The maximum absolute atomic E-state index is 12.8. The van der Waals surface area contributed by atoms with Gasteiger partial charge in [0, 0.05) is 23.8 Å². The van der Waals surface area contributed by atoms with Gasteiger partial charge in [-0.3, -0.25) is 9.59 Å². The second-order valence-electron chi connectivity index (χ2n) is 4.46. The Bertz CT molecular complexity index is 563. The molecule has 0 spiro atoms. The number of piperazine rings is 1. The fraction of sp³-hybridized carbons (Fsp3) is 0.385. The summed E-state index contributed by atoms with van der Waals surface area (Å²) < 4.78 is 3.05. The fourth-order valence-electron chi connectivity index (χ4n) is 2.23. The molecule has 1 aliphatic heterocycles. The van der Waals surface area contributed by atoms with Crippen LogP contribution in [0.15, 0.2) is 12.1 Å². The highest BCUT2D eigenvalue weighted by atomic mass is 127. The molecule has 4 nitrogen and oxygen atoms in total. The number of benzene rings is 1. The Hall–Kier alpha value is 0.350. The Morgan fingerprint density at radius 3 is 2.75 bits per heavy atom. The molecule has 1 saturated heterocycles. The number of nitrogens with zero attached hydrogens (tertiary/aromatic N) is 1. The molecule has 1 N–H and O–H groups in total. The van der Waals surface area contributed by atoms with Crippen molar-refractivity contribution in [2.24, 2.45) is 0 Å². The molecule has 0 saturated carbocycles. The van der Waals surface area contributed by atoms with Crippen LogP contribution >= 0.6 is 67.8 Å². The molecule has 2 amide bonds. The van der Waals surface area contributed by atoms with Crippen LogP contribution in [0.25, 0.3) is 0 Å². The monoisotopic (exact) mass is 610 g/mol. The predicted octanol–water partition coefficient (Wildman–Crippen LogP) is 2.85. The predicted molar refractivity (Wildman–Crippen MR) is 103 cm³/mol. The third-order valence-electron chi connectivity index (χ3n) is 3.20. The van der Waals surface area contributed by atoms with Crippen LogP contribution in [-0.2, 0) is 4.79 Å². The summed E-state index contributed by atoms with van der Waals surface area (Å²) in [6, 6.07) is 3.58. The first-order valence-electron chi connectivity index (χ1n) is 6.19.